The molecule has 0 aliphatic heterocycles. The minimum atomic E-state index is 0.125. The van der Waals surface area contributed by atoms with Gasteiger partial charge in [-0.1, -0.05) is 38.1 Å². The van der Waals surface area contributed by atoms with Gasteiger partial charge in [-0.15, -0.1) is 0 Å². The summed E-state index contributed by atoms with van der Waals surface area (Å²) in [7, 11) is 0. The van der Waals surface area contributed by atoms with Crippen molar-refractivity contribution in [3.63, 3.8) is 0 Å². The van der Waals surface area contributed by atoms with E-state index in [1.807, 2.05) is 0 Å². The number of nitrogens with two attached hydrogens (primary N) is 1. The summed E-state index contributed by atoms with van der Waals surface area (Å²) in [6.07, 6.45) is 6.35. The number of nitrogens with zero attached hydrogens (tertiary/aromatic N) is 2. The van der Waals surface area contributed by atoms with E-state index < -0.39 is 0 Å². The highest BCUT2D eigenvalue weighted by Gasteiger charge is 2.14. The van der Waals surface area contributed by atoms with Crippen LogP contribution < -0.4 is 5.73 Å². The van der Waals surface area contributed by atoms with Crippen LogP contribution in [0.4, 0.5) is 0 Å². The first-order chi connectivity index (χ1) is 9.26. The Hall–Kier alpha value is -1.74. The van der Waals surface area contributed by atoms with Crippen molar-refractivity contribution in [2.75, 3.05) is 6.54 Å². The first-order valence-electron chi connectivity index (χ1n) is 6.82. The minimum absolute atomic E-state index is 0.125. The third-order valence-corrected chi connectivity index (χ3v) is 3.70. The summed E-state index contributed by atoms with van der Waals surface area (Å²) in [6.45, 7) is 5.00. The summed E-state index contributed by atoms with van der Waals surface area (Å²) in [4.78, 5) is 8.48. The molecule has 1 aromatic carbocycles. The number of hydrogen-bond donors (Lipinski definition) is 1. The quantitative estimate of drug-likeness (QED) is 0.893. The lowest BCUT2D eigenvalue weighted by atomic mass is 9.92. The van der Waals surface area contributed by atoms with Crippen molar-refractivity contribution >= 4 is 0 Å². The maximum absolute atomic E-state index is 5.89. The Labute approximate surface area is 114 Å². The molecule has 100 valence electrons. The average molecular weight is 255 g/mol. The highest BCUT2D eigenvalue weighted by molar-refractivity contribution is 5.32. The topological polar surface area (TPSA) is 51.8 Å². The van der Waals surface area contributed by atoms with Gasteiger partial charge in [0.2, 0.25) is 0 Å². The van der Waals surface area contributed by atoms with Crippen molar-refractivity contribution in [1.29, 1.82) is 0 Å². The maximum Gasteiger partial charge on any atom is 0.0674 e. The maximum atomic E-state index is 5.89. The molecule has 0 saturated heterocycles. The summed E-state index contributed by atoms with van der Waals surface area (Å²) in [5, 5.41) is 0. The van der Waals surface area contributed by atoms with E-state index in [1.54, 1.807) is 18.6 Å². The van der Waals surface area contributed by atoms with Crippen molar-refractivity contribution in [1.82, 2.24) is 9.97 Å². The molecule has 3 heteroatoms. The summed E-state index contributed by atoms with van der Waals surface area (Å²) < 4.78 is 0. The average Bonchev–Trinajstić information content (AvgIpc) is 2.49. The second-order valence-electron chi connectivity index (χ2n) is 4.89. The second kappa shape index (κ2) is 6.43. The third-order valence-electron chi connectivity index (χ3n) is 3.70. The molecule has 0 bridgehead atoms. The number of benzene rings is 1. The molecule has 3 nitrogen and oxygen atoms in total. The van der Waals surface area contributed by atoms with Gasteiger partial charge in [-0.3, -0.25) is 9.97 Å². The van der Waals surface area contributed by atoms with Crippen molar-refractivity contribution in [2.45, 2.75) is 32.1 Å². The SMILES string of the molecule is CCC(C)c1ccc(C(CN)c2cnccn2)cc1. The molecule has 2 aromatic rings. The van der Waals surface area contributed by atoms with Gasteiger partial charge in [0.1, 0.15) is 0 Å². The molecule has 2 unspecified atom stereocenters. The van der Waals surface area contributed by atoms with Crippen LogP contribution in [0.3, 0.4) is 0 Å². The molecule has 1 aromatic heterocycles. The molecule has 0 aliphatic carbocycles. The summed E-state index contributed by atoms with van der Waals surface area (Å²) in [6, 6.07) is 8.71. The molecule has 2 atom stereocenters. The second-order valence-corrected chi connectivity index (χ2v) is 4.89. The molecule has 0 spiro atoms. The van der Waals surface area contributed by atoms with Crippen molar-refractivity contribution in [3.05, 3.63) is 59.7 Å². The largest absolute Gasteiger partial charge is 0.329 e. The number of hydrogen-bond acceptors (Lipinski definition) is 3. The Morgan fingerprint density at radius 1 is 1.11 bits per heavy atom. The molecule has 0 aliphatic rings. The van der Waals surface area contributed by atoms with Crippen LogP contribution in [-0.2, 0) is 0 Å². The van der Waals surface area contributed by atoms with Gasteiger partial charge in [0, 0.05) is 31.1 Å². The predicted octanol–water partition coefficient (Wildman–Crippen LogP) is 3.08. The Kier molecular flexibility index (Phi) is 4.63. The molecular formula is C16H21N3. The van der Waals surface area contributed by atoms with E-state index in [9.17, 15) is 0 Å². The highest BCUT2D eigenvalue weighted by atomic mass is 14.8. The first kappa shape index (κ1) is 13.7. The number of rotatable bonds is 5. The molecule has 0 fully saturated rings. The van der Waals surface area contributed by atoms with Gasteiger partial charge in [-0.05, 0) is 23.5 Å². The Bertz CT molecular complexity index is 493. The van der Waals surface area contributed by atoms with Crippen LogP contribution in [0.2, 0.25) is 0 Å². The molecule has 1 heterocycles. The van der Waals surface area contributed by atoms with Crippen molar-refractivity contribution in [2.24, 2.45) is 5.73 Å². The fourth-order valence-corrected chi connectivity index (χ4v) is 2.21. The summed E-state index contributed by atoms with van der Waals surface area (Å²) in [5.74, 6) is 0.724. The Balaban J connectivity index is 2.25. The normalized spacial score (nSPS) is 14.1. The Morgan fingerprint density at radius 2 is 1.79 bits per heavy atom. The lowest BCUT2D eigenvalue weighted by molar-refractivity contribution is 0.730. The fraction of sp³-hybridized carbons (Fsp3) is 0.375. The van der Waals surface area contributed by atoms with Crippen LogP contribution in [0.25, 0.3) is 0 Å². The van der Waals surface area contributed by atoms with Crippen LogP contribution >= 0.6 is 0 Å². The molecule has 2 N–H and O–H groups in total. The van der Waals surface area contributed by atoms with Gasteiger partial charge in [0.25, 0.3) is 0 Å². The molecule has 0 amide bonds. The smallest absolute Gasteiger partial charge is 0.0674 e. The zero-order chi connectivity index (χ0) is 13.7. The predicted molar refractivity (Wildman–Crippen MR) is 78.1 cm³/mol. The number of aromatic nitrogens is 2. The van der Waals surface area contributed by atoms with Crippen molar-refractivity contribution < 1.29 is 0 Å². The minimum Gasteiger partial charge on any atom is -0.329 e. The molecule has 2 rings (SSSR count). The van der Waals surface area contributed by atoms with Crippen LogP contribution in [0.1, 0.15) is 48.9 Å². The Morgan fingerprint density at radius 3 is 2.32 bits per heavy atom. The van der Waals surface area contributed by atoms with E-state index in [0.29, 0.717) is 12.5 Å². The molecular weight excluding hydrogens is 234 g/mol. The van der Waals surface area contributed by atoms with E-state index in [0.717, 1.165) is 12.1 Å². The first-order valence-corrected chi connectivity index (χ1v) is 6.82. The standard InChI is InChI=1S/C16H21N3/c1-3-12(2)13-4-6-14(7-5-13)15(10-17)16-11-18-8-9-19-16/h4-9,11-12,15H,3,10,17H2,1-2H3. The van der Waals surface area contributed by atoms with Crippen LogP contribution in [-0.4, -0.2) is 16.5 Å². The summed E-state index contributed by atoms with van der Waals surface area (Å²) >= 11 is 0. The third kappa shape index (κ3) is 3.18. The van der Waals surface area contributed by atoms with Gasteiger partial charge in [-0.25, -0.2) is 0 Å². The van der Waals surface area contributed by atoms with Gasteiger partial charge in [0.15, 0.2) is 0 Å². The van der Waals surface area contributed by atoms with Crippen LogP contribution in [0.15, 0.2) is 42.9 Å². The monoisotopic (exact) mass is 255 g/mol. The fourth-order valence-electron chi connectivity index (χ4n) is 2.21. The van der Waals surface area contributed by atoms with E-state index in [4.69, 9.17) is 5.73 Å². The zero-order valence-electron chi connectivity index (χ0n) is 11.6. The van der Waals surface area contributed by atoms with E-state index in [1.165, 1.54) is 11.1 Å². The van der Waals surface area contributed by atoms with E-state index in [2.05, 4.69) is 48.1 Å². The zero-order valence-corrected chi connectivity index (χ0v) is 11.6. The van der Waals surface area contributed by atoms with Crippen molar-refractivity contribution in [3.8, 4) is 0 Å². The van der Waals surface area contributed by atoms with E-state index >= 15 is 0 Å². The van der Waals surface area contributed by atoms with Crippen LogP contribution in [0.5, 0.6) is 0 Å². The van der Waals surface area contributed by atoms with Gasteiger partial charge >= 0.3 is 0 Å². The lowest BCUT2D eigenvalue weighted by Gasteiger charge is -2.16. The van der Waals surface area contributed by atoms with Gasteiger partial charge in [0.05, 0.1) is 5.69 Å². The van der Waals surface area contributed by atoms with Gasteiger partial charge in [-0.2, -0.15) is 0 Å². The van der Waals surface area contributed by atoms with Crippen LogP contribution in [0, 0.1) is 0 Å². The summed E-state index contributed by atoms with van der Waals surface area (Å²) in [5.41, 5.74) is 9.40. The molecule has 0 radical (unpaired) electrons. The lowest BCUT2D eigenvalue weighted by Crippen LogP contribution is -2.15. The highest BCUT2D eigenvalue weighted by Crippen LogP contribution is 2.24. The van der Waals surface area contributed by atoms with Gasteiger partial charge < -0.3 is 5.73 Å². The molecule has 19 heavy (non-hydrogen) atoms. The molecule has 0 saturated carbocycles. The van der Waals surface area contributed by atoms with E-state index in [-0.39, 0.29) is 5.92 Å².